The van der Waals surface area contributed by atoms with Crippen molar-refractivity contribution in [2.75, 3.05) is 13.2 Å². The number of hydrogen-bond donors (Lipinski definition) is 3. The second kappa shape index (κ2) is 10.8. The number of ether oxygens (including phenoxy) is 1. The van der Waals surface area contributed by atoms with Crippen molar-refractivity contribution in [1.82, 2.24) is 10.2 Å². The summed E-state index contributed by atoms with van der Waals surface area (Å²) >= 11 is 0. The first-order valence-electron chi connectivity index (χ1n) is 9.55. The maximum atomic E-state index is 13.0. The first kappa shape index (κ1) is 22.7. The minimum atomic E-state index is -1.84. The summed E-state index contributed by atoms with van der Waals surface area (Å²) in [6, 6.07) is 7.05. The van der Waals surface area contributed by atoms with Crippen LogP contribution in [0.1, 0.15) is 31.7 Å². The quantitative estimate of drug-likeness (QED) is 0.582. The molecule has 0 aromatic heterocycles. The summed E-state index contributed by atoms with van der Waals surface area (Å²) < 4.78 is 18.2. The molecular weight excluding hydrogens is 380 g/mol. The van der Waals surface area contributed by atoms with Gasteiger partial charge in [0.05, 0.1) is 18.1 Å². The Hall–Kier alpha value is -2.64. The van der Waals surface area contributed by atoms with Crippen LogP contribution in [-0.2, 0) is 16.0 Å². The number of amides is 2. The van der Waals surface area contributed by atoms with Gasteiger partial charge in [-0.15, -0.1) is 0 Å². The average Bonchev–Trinajstić information content (AvgIpc) is 2.72. The third kappa shape index (κ3) is 6.73. The molecule has 29 heavy (non-hydrogen) atoms. The number of alkyl carbamates (subject to hydrolysis) is 1. The predicted molar refractivity (Wildman–Crippen MR) is 103 cm³/mol. The molecule has 1 aromatic carbocycles. The van der Waals surface area contributed by atoms with Gasteiger partial charge in [0.25, 0.3) is 0 Å². The fraction of sp³-hybridized carbons (Fsp3) is 0.526. The number of rotatable bonds is 7. The Bertz CT molecular complexity index is 740. The smallest absolute Gasteiger partial charge is 0.447 e. The number of hydrogen-bond acceptors (Lipinski definition) is 6. The van der Waals surface area contributed by atoms with Gasteiger partial charge in [0.15, 0.2) is 0 Å². The molecule has 2 amide bonds. The number of piperidine rings is 1. The number of likely N-dealkylation sites (tertiary alicyclic amines) is 1. The summed E-state index contributed by atoms with van der Waals surface area (Å²) in [7, 11) is -1.84. The van der Waals surface area contributed by atoms with Crippen LogP contribution >= 0.6 is 0 Å². The van der Waals surface area contributed by atoms with Crippen LogP contribution in [-0.4, -0.2) is 59.2 Å². The van der Waals surface area contributed by atoms with E-state index in [2.05, 4.69) is 5.32 Å². The maximum absolute atomic E-state index is 13.0. The predicted octanol–water partition coefficient (Wildman–Crippen LogP) is 1.02. The standard InChI is InChI=1S/C19H25BFN3O5/c1-13(11-22)18(25)24-9-3-2-4-16(24)12-29-19(26)23-17(20(27)28)10-14-5-7-15(21)8-6-14/h5-8,13,16-17,27-28H,2-4,9-10,12H2,1H3,(H,23,26)/t13?,16-,17+/m1/s1. The molecule has 1 unspecified atom stereocenters. The first-order valence-corrected chi connectivity index (χ1v) is 9.55. The molecule has 1 aliphatic rings. The van der Waals surface area contributed by atoms with E-state index in [0.29, 0.717) is 18.5 Å². The number of carbonyl (C=O) groups excluding carboxylic acids is 2. The third-order valence-corrected chi connectivity index (χ3v) is 4.91. The zero-order valence-corrected chi connectivity index (χ0v) is 16.3. The summed E-state index contributed by atoms with van der Waals surface area (Å²) in [5.74, 6) is -2.52. The van der Waals surface area contributed by atoms with E-state index in [1.54, 1.807) is 4.90 Å². The Morgan fingerprint density at radius 1 is 1.38 bits per heavy atom. The van der Waals surface area contributed by atoms with E-state index in [1.807, 2.05) is 6.07 Å². The lowest BCUT2D eigenvalue weighted by Crippen LogP contribution is -2.51. The SMILES string of the molecule is CC(C#N)C(=O)N1CCCC[C@@H]1COC(=O)N[C@@H](Cc1ccc(F)cc1)B(O)O. The molecule has 1 heterocycles. The van der Waals surface area contributed by atoms with Crippen molar-refractivity contribution >= 4 is 19.1 Å². The Morgan fingerprint density at radius 2 is 2.07 bits per heavy atom. The number of benzene rings is 1. The van der Waals surface area contributed by atoms with Crippen LogP contribution in [0.4, 0.5) is 9.18 Å². The third-order valence-electron chi connectivity index (χ3n) is 4.91. The highest BCUT2D eigenvalue weighted by Crippen LogP contribution is 2.19. The van der Waals surface area contributed by atoms with Crippen molar-refractivity contribution in [2.24, 2.45) is 5.92 Å². The molecule has 1 saturated heterocycles. The molecule has 0 saturated carbocycles. The van der Waals surface area contributed by atoms with Gasteiger partial charge in [0, 0.05) is 6.54 Å². The molecule has 8 nitrogen and oxygen atoms in total. The largest absolute Gasteiger partial charge is 0.475 e. The van der Waals surface area contributed by atoms with Crippen molar-refractivity contribution in [2.45, 2.75) is 44.6 Å². The van der Waals surface area contributed by atoms with E-state index < -0.39 is 30.9 Å². The van der Waals surface area contributed by atoms with Gasteiger partial charge in [0.2, 0.25) is 5.91 Å². The molecule has 156 valence electrons. The van der Waals surface area contributed by atoms with Gasteiger partial charge >= 0.3 is 13.2 Å². The molecule has 0 aliphatic carbocycles. The van der Waals surface area contributed by atoms with Crippen molar-refractivity contribution in [3.05, 3.63) is 35.6 Å². The Labute approximate surface area is 169 Å². The zero-order chi connectivity index (χ0) is 21.4. The Kier molecular flexibility index (Phi) is 8.42. The van der Waals surface area contributed by atoms with Gasteiger partial charge in [-0.25, -0.2) is 9.18 Å². The Balaban J connectivity index is 1.91. The lowest BCUT2D eigenvalue weighted by atomic mass is 9.76. The summed E-state index contributed by atoms with van der Waals surface area (Å²) in [6.45, 7) is 1.98. The van der Waals surface area contributed by atoms with Crippen molar-refractivity contribution in [3.8, 4) is 6.07 Å². The van der Waals surface area contributed by atoms with Crippen molar-refractivity contribution < 1.29 is 28.8 Å². The van der Waals surface area contributed by atoms with Crippen LogP contribution < -0.4 is 5.32 Å². The molecule has 0 radical (unpaired) electrons. The van der Waals surface area contributed by atoms with Gasteiger partial charge in [-0.3, -0.25) is 4.79 Å². The van der Waals surface area contributed by atoms with Crippen LogP contribution in [0.2, 0.25) is 0 Å². The molecular formula is C19H25BFN3O5. The molecule has 1 aromatic rings. The lowest BCUT2D eigenvalue weighted by Gasteiger charge is -2.36. The van der Waals surface area contributed by atoms with Crippen LogP contribution in [0.5, 0.6) is 0 Å². The highest BCUT2D eigenvalue weighted by atomic mass is 19.1. The minimum Gasteiger partial charge on any atom is -0.447 e. The number of halogens is 1. The van der Waals surface area contributed by atoms with Gasteiger partial charge < -0.3 is 25.0 Å². The Morgan fingerprint density at radius 3 is 2.69 bits per heavy atom. The monoisotopic (exact) mass is 405 g/mol. The minimum absolute atomic E-state index is 0.0550. The summed E-state index contributed by atoms with van der Waals surface area (Å²) in [6.07, 6.45) is 1.57. The topological polar surface area (TPSA) is 123 Å². The number of nitrogens with zero attached hydrogens (tertiary/aromatic N) is 2. The summed E-state index contributed by atoms with van der Waals surface area (Å²) in [4.78, 5) is 26.0. The maximum Gasteiger partial charge on any atom is 0.475 e. The first-order chi connectivity index (χ1) is 13.8. The molecule has 3 atom stereocenters. The fourth-order valence-corrected chi connectivity index (χ4v) is 3.24. The van der Waals surface area contributed by atoms with E-state index in [0.717, 1.165) is 12.8 Å². The van der Waals surface area contributed by atoms with E-state index in [1.165, 1.54) is 31.2 Å². The molecule has 1 aliphatic heterocycles. The highest BCUT2D eigenvalue weighted by molar-refractivity contribution is 6.43. The molecule has 2 rings (SSSR count). The lowest BCUT2D eigenvalue weighted by molar-refractivity contribution is -0.138. The van der Waals surface area contributed by atoms with Gasteiger partial charge in [-0.1, -0.05) is 12.1 Å². The summed E-state index contributed by atoms with van der Waals surface area (Å²) in [5, 5.41) is 30.4. The number of nitrogens with one attached hydrogen (secondary N) is 1. The van der Waals surface area contributed by atoms with Crippen LogP contribution in [0.3, 0.4) is 0 Å². The molecule has 0 spiro atoms. The number of carbonyl (C=O) groups is 2. The summed E-state index contributed by atoms with van der Waals surface area (Å²) in [5.41, 5.74) is 0.611. The number of nitriles is 1. The fourth-order valence-electron chi connectivity index (χ4n) is 3.24. The van der Waals surface area contributed by atoms with Crippen LogP contribution in [0.15, 0.2) is 24.3 Å². The van der Waals surface area contributed by atoms with Crippen LogP contribution in [0, 0.1) is 23.1 Å². The van der Waals surface area contributed by atoms with Gasteiger partial charge in [-0.2, -0.15) is 5.26 Å². The van der Waals surface area contributed by atoms with Crippen molar-refractivity contribution in [1.29, 1.82) is 5.26 Å². The second-order valence-corrected chi connectivity index (χ2v) is 7.13. The van der Waals surface area contributed by atoms with E-state index in [9.17, 15) is 24.0 Å². The van der Waals surface area contributed by atoms with Gasteiger partial charge in [-0.05, 0) is 50.3 Å². The zero-order valence-electron chi connectivity index (χ0n) is 16.3. The second-order valence-electron chi connectivity index (χ2n) is 7.13. The van der Waals surface area contributed by atoms with Crippen LogP contribution in [0.25, 0.3) is 0 Å². The van der Waals surface area contributed by atoms with Crippen molar-refractivity contribution in [3.63, 3.8) is 0 Å². The van der Waals surface area contributed by atoms with E-state index in [-0.39, 0.29) is 25.0 Å². The molecule has 0 bridgehead atoms. The molecule has 1 fully saturated rings. The average molecular weight is 405 g/mol. The van der Waals surface area contributed by atoms with E-state index >= 15 is 0 Å². The van der Waals surface area contributed by atoms with E-state index in [4.69, 9.17) is 10.00 Å². The van der Waals surface area contributed by atoms with Gasteiger partial charge in [0.1, 0.15) is 18.3 Å². The highest BCUT2D eigenvalue weighted by Gasteiger charge is 2.31. The normalized spacial score (nSPS) is 18.3. The molecule has 3 N–H and O–H groups in total. The molecule has 10 heteroatoms.